The largest absolute Gasteiger partial charge is 0.505 e. The molecule has 3 N–H and O–H groups in total. The Morgan fingerprint density at radius 3 is 2.30 bits per heavy atom. The fourth-order valence-corrected chi connectivity index (χ4v) is 4.86. The van der Waals surface area contributed by atoms with Crippen molar-refractivity contribution < 1.29 is 5.11 Å². The second kappa shape index (κ2) is 13.6. The number of rotatable bonds is 7. The van der Waals surface area contributed by atoms with Crippen LogP contribution in [0, 0.1) is 15.4 Å². The van der Waals surface area contributed by atoms with Gasteiger partial charge in [-0.1, -0.05) is 77.9 Å². The zero-order chi connectivity index (χ0) is 21.9. The topological polar surface area (TPSA) is 46.2 Å². The average Bonchev–Trinajstić information content (AvgIpc) is 2.78. The molecule has 0 spiro atoms. The molecule has 0 heterocycles. The number of nitrogens with two attached hydrogens (primary N) is 1. The van der Waals surface area contributed by atoms with Crippen LogP contribution in [-0.4, -0.2) is 10.0 Å². The van der Waals surface area contributed by atoms with Crippen LogP contribution >= 0.6 is 45.2 Å². The van der Waals surface area contributed by atoms with E-state index in [9.17, 15) is 5.11 Å². The van der Waals surface area contributed by atoms with Gasteiger partial charge in [-0.15, -0.1) is 0 Å². The molecule has 0 aromatic heterocycles. The standard InChI is InChI=1S/C25H32INO.CH3I/c1-2-5-18-8-10-19(11-9-18)6-3-4-7-20-12-14-21(15-13-20)22-16-17-23(26)25(28)24(22)27;1-2/h2,5,12-19,28H,3-4,6-11,27H2,1H3;1H3/b5-2+;. The van der Waals surface area contributed by atoms with Gasteiger partial charge in [0.2, 0.25) is 0 Å². The molecule has 2 nitrogen and oxygen atoms in total. The Labute approximate surface area is 210 Å². The van der Waals surface area contributed by atoms with Crippen LogP contribution in [0.25, 0.3) is 11.1 Å². The number of benzene rings is 2. The Balaban J connectivity index is 0.00000155. The smallest absolute Gasteiger partial charge is 0.152 e. The van der Waals surface area contributed by atoms with Crippen molar-refractivity contribution in [3.8, 4) is 16.9 Å². The first kappa shape index (κ1) is 25.5. The summed E-state index contributed by atoms with van der Waals surface area (Å²) >= 11 is 4.25. The molecule has 4 heteroatoms. The highest BCUT2D eigenvalue weighted by molar-refractivity contribution is 14.1. The van der Waals surface area contributed by atoms with E-state index in [4.69, 9.17) is 5.73 Å². The van der Waals surface area contributed by atoms with E-state index in [0.29, 0.717) is 5.69 Å². The van der Waals surface area contributed by atoms with Crippen LogP contribution in [0.2, 0.25) is 0 Å². The third kappa shape index (κ3) is 7.43. The number of unbranched alkanes of at least 4 members (excludes halogenated alkanes) is 1. The van der Waals surface area contributed by atoms with E-state index in [1.54, 1.807) is 0 Å². The lowest BCUT2D eigenvalue weighted by Crippen LogP contribution is -2.13. The molecule has 1 aliphatic rings. The Hall–Kier alpha value is -0.760. The third-order valence-corrected chi connectivity index (χ3v) is 6.99. The maximum Gasteiger partial charge on any atom is 0.152 e. The van der Waals surface area contributed by atoms with Gasteiger partial charge in [0, 0.05) is 5.56 Å². The summed E-state index contributed by atoms with van der Waals surface area (Å²) in [4.78, 5) is 1.97. The lowest BCUT2D eigenvalue weighted by atomic mass is 9.79. The van der Waals surface area contributed by atoms with Crippen molar-refractivity contribution in [2.75, 3.05) is 10.7 Å². The summed E-state index contributed by atoms with van der Waals surface area (Å²) in [6.45, 7) is 2.14. The fourth-order valence-electron chi connectivity index (χ4n) is 4.39. The number of hydrogen-bond acceptors (Lipinski definition) is 2. The molecule has 3 rings (SSSR count). The molecule has 30 heavy (non-hydrogen) atoms. The van der Waals surface area contributed by atoms with Crippen LogP contribution < -0.4 is 5.73 Å². The van der Waals surface area contributed by atoms with Crippen LogP contribution in [0.4, 0.5) is 5.69 Å². The van der Waals surface area contributed by atoms with Crippen LogP contribution in [0.5, 0.6) is 5.75 Å². The first-order valence-corrected chi connectivity index (χ1v) is 14.2. The lowest BCUT2D eigenvalue weighted by molar-refractivity contribution is 0.289. The van der Waals surface area contributed by atoms with Gasteiger partial charge in [-0.2, -0.15) is 0 Å². The van der Waals surface area contributed by atoms with Gasteiger partial charge in [0.1, 0.15) is 0 Å². The maximum absolute atomic E-state index is 10.1. The molecule has 1 aliphatic carbocycles. The minimum Gasteiger partial charge on any atom is -0.505 e. The van der Waals surface area contributed by atoms with Crippen molar-refractivity contribution in [2.45, 2.75) is 58.3 Å². The first-order chi connectivity index (χ1) is 14.6. The fraction of sp³-hybridized carbons (Fsp3) is 0.462. The molecular weight excluding hydrogens is 596 g/mol. The van der Waals surface area contributed by atoms with Crippen LogP contribution in [0.3, 0.4) is 0 Å². The number of aryl methyl sites for hydroxylation is 1. The molecule has 0 amide bonds. The number of hydrogen-bond donors (Lipinski definition) is 2. The quantitative estimate of drug-likeness (QED) is 0.0806. The van der Waals surface area contributed by atoms with Crippen molar-refractivity contribution in [1.82, 2.24) is 0 Å². The average molecular weight is 631 g/mol. The second-order valence-electron chi connectivity index (χ2n) is 8.11. The second-order valence-corrected chi connectivity index (χ2v) is 9.27. The summed E-state index contributed by atoms with van der Waals surface area (Å²) in [5.41, 5.74) is 9.90. The number of allylic oxidation sites excluding steroid dienone is 2. The third-order valence-electron chi connectivity index (χ3n) is 6.12. The summed E-state index contributed by atoms with van der Waals surface area (Å²) in [6.07, 6.45) is 15.3. The van der Waals surface area contributed by atoms with E-state index in [1.165, 1.54) is 50.5 Å². The van der Waals surface area contributed by atoms with Crippen LogP contribution in [-0.2, 0) is 6.42 Å². The van der Waals surface area contributed by atoms with Gasteiger partial charge >= 0.3 is 0 Å². The Kier molecular flexibility index (Phi) is 11.6. The van der Waals surface area contributed by atoms with Gasteiger partial charge in [0.05, 0.1) is 9.26 Å². The highest BCUT2D eigenvalue weighted by Crippen LogP contribution is 2.36. The molecule has 1 saturated carbocycles. The zero-order valence-corrected chi connectivity index (χ0v) is 22.5. The number of nitrogen functional groups attached to an aromatic ring is 1. The van der Waals surface area contributed by atoms with Crippen molar-refractivity contribution in [3.05, 3.63) is 57.7 Å². The molecular formula is C26H35I2NO. The minimum atomic E-state index is 0.182. The monoisotopic (exact) mass is 631 g/mol. The van der Waals surface area contributed by atoms with Gasteiger partial charge in [-0.05, 0) is 102 Å². The summed E-state index contributed by atoms with van der Waals surface area (Å²) in [5, 5.41) is 10.1. The number of alkyl halides is 1. The van der Waals surface area contributed by atoms with E-state index in [1.807, 2.05) is 17.1 Å². The van der Waals surface area contributed by atoms with E-state index in [2.05, 4.69) is 88.5 Å². The first-order valence-electron chi connectivity index (χ1n) is 11.0. The van der Waals surface area contributed by atoms with Gasteiger partial charge < -0.3 is 10.8 Å². The highest BCUT2D eigenvalue weighted by atomic mass is 127. The maximum atomic E-state index is 10.1. The van der Waals surface area contributed by atoms with Crippen LogP contribution in [0.1, 0.15) is 57.4 Å². The molecule has 164 valence electrons. The van der Waals surface area contributed by atoms with E-state index in [-0.39, 0.29) is 5.75 Å². The number of anilines is 1. The number of aromatic hydroxyl groups is 1. The molecule has 2 aromatic rings. The van der Waals surface area contributed by atoms with Crippen molar-refractivity contribution in [1.29, 1.82) is 0 Å². The van der Waals surface area contributed by atoms with Crippen LogP contribution in [0.15, 0.2) is 48.6 Å². The number of halogens is 2. The van der Waals surface area contributed by atoms with Gasteiger partial charge in [-0.3, -0.25) is 0 Å². The molecule has 0 unspecified atom stereocenters. The summed E-state index contributed by atoms with van der Waals surface area (Å²) in [5.74, 6) is 1.96. The minimum absolute atomic E-state index is 0.182. The highest BCUT2D eigenvalue weighted by Gasteiger charge is 2.18. The number of phenolic OH excluding ortho intramolecular Hbond substituents is 1. The van der Waals surface area contributed by atoms with Crippen molar-refractivity contribution >= 4 is 50.9 Å². The molecule has 2 aromatic carbocycles. The van der Waals surface area contributed by atoms with Gasteiger partial charge in [0.15, 0.2) is 5.75 Å². The zero-order valence-electron chi connectivity index (χ0n) is 18.2. The summed E-state index contributed by atoms with van der Waals surface area (Å²) in [6, 6.07) is 12.5. The molecule has 0 bridgehead atoms. The Morgan fingerprint density at radius 2 is 1.67 bits per heavy atom. The summed E-state index contributed by atoms with van der Waals surface area (Å²) < 4.78 is 0.783. The summed E-state index contributed by atoms with van der Waals surface area (Å²) in [7, 11) is 0. The Morgan fingerprint density at radius 1 is 1.00 bits per heavy atom. The molecule has 0 atom stereocenters. The molecule has 1 fully saturated rings. The van der Waals surface area contributed by atoms with Crippen molar-refractivity contribution in [2.24, 2.45) is 11.8 Å². The van der Waals surface area contributed by atoms with Gasteiger partial charge in [-0.25, -0.2) is 0 Å². The Bertz CT molecular complexity index is 793. The lowest BCUT2D eigenvalue weighted by Gasteiger charge is -2.26. The molecule has 0 saturated heterocycles. The van der Waals surface area contributed by atoms with E-state index < -0.39 is 0 Å². The van der Waals surface area contributed by atoms with Gasteiger partial charge in [0.25, 0.3) is 0 Å². The SMILES string of the molecule is C/C=C/C1CCC(CCCCc2ccc(-c3ccc(I)c(O)c3N)cc2)CC1.CI. The predicted octanol–water partition coefficient (Wildman–Crippen LogP) is 8.39. The molecule has 0 aliphatic heterocycles. The van der Waals surface area contributed by atoms with E-state index in [0.717, 1.165) is 33.0 Å². The molecule has 0 radical (unpaired) electrons. The van der Waals surface area contributed by atoms with Crippen molar-refractivity contribution in [3.63, 3.8) is 0 Å². The van der Waals surface area contributed by atoms with E-state index >= 15 is 0 Å². The normalized spacial score (nSPS) is 18.8. The predicted molar refractivity (Wildman–Crippen MR) is 148 cm³/mol. The number of phenols is 1.